The molecule has 0 radical (unpaired) electrons. The Morgan fingerprint density at radius 3 is 2.62 bits per heavy atom. The van der Waals surface area contributed by atoms with Crippen LogP contribution in [0.4, 0.5) is 0 Å². The number of para-hydroxylation sites is 2. The molecule has 0 saturated carbocycles. The van der Waals surface area contributed by atoms with E-state index in [0.717, 1.165) is 24.1 Å². The minimum Gasteiger partial charge on any atom is -0.374 e. The van der Waals surface area contributed by atoms with E-state index < -0.39 is 0 Å². The molecule has 0 saturated heterocycles. The topological polar surface area (TPSA) is 44.1 Å². The van der Waals surface area contributed by atoms with Crippen LogP contribution in [0.1, 0.15) is 31.2 Å². The van der Waals surface area contributed by atoms with E-state index in [4.69, 9.17) is 4.74 Å². The molecule has 1 heterocycles. The molecule has 124 valence electrons. The first kappa shape index (κ1) is 16.4. The van der Waals surface area contributed by atoms with Gasteiger partial charge in [-0.1, -0.05) is 43.7 Å². The molecule has 3 aromatic rings. The highest BCUT2D eigenvalue weighted by Gasteiger charge is 2.14. The maximum absolute atomic E-state index is 13.1. The molecule has 0 bridgehead atoms. The lowest BCUT2D eigenvalue weighted by Gasteiger charge is -2.15. The molecular weight excluding hydrogens is 300 g/mol. The van der Waals surface area contributed by atoms with Gasteiger partial charge in [-0.15, -0.1) is 0 Å². The van der Waals surface area contributed by atoms with Gasteiger partial charge in [0.15, 0.2) is 0 Å². The summed E-state index contributed by atoms with van der Waals surface area (Å²) in [5, 5.41) is 0.623. The van der Waals surface area contributed by atoms with Crippen molar-refractivity contribution in [3.63, 3.8) is 0 Å². The van der Waals surface area contributed by atoms with Crippen LogP contribution >= 0.6 is 0 Å². The molecule has 0 spiro atoms. The largest absolute Gasteiger partial charge is 0.374 e. The lowest BCUT2D eigenvalue weighted by Crippen LogP contribution is -2.25. The SMILES string of the molecule is CCCCOCc1nc2ccccc2c(=O)n1-c1ccccc1C. The molecule has 0 aliphatic rings. The van der Waals surface area contributed by atoms with Gasteiger partial charge in [0.1, 0.15) is 12.4 Å². The van der Waals surface area contributed by atoms with Gasteiger partial charge in [-0.3, -0.25) is 9.36 Å². The van der Waals surface area contributed by atoms with Gasteiger partial charge in [0.05, 0.1) is 16.6 Å². The standard InChI is InChI=1S/C20H22N2O2/c1-3-4-13-24-14-19-21-17-11-7-6-10-16(17)20(23)22(19)18-12-8-5-9-15(18)2/h5-12H,3-4,13-14H2,1-2H3. The average molecular weight is 322 g/mol. The van der Waals surface area contributed by atoms with E-state index in [0.29, 0.717) is 29.9 Å². The van der Waals surface area contributed by atoms with Gasteiger partial charge in [-0.05, 0) is 37.1 Å². The molecule has 0 N–H and O–H groups in total. The summed E-state index contributed by atoms with van der Waals surface area (Å²) in [6.07, 6.45) is 2.08. The van der Waals surface area contributed by atoms with E-state index in [1.165, 1.54) is 0 Å². The molecule has 4 heteroatoms. The summed E-state index contributed by atoms with van der Waals surface area (Å²) in [6.45, 7) is 5.13. The maximum atomic E-state index is 13.1. The molecule has 0 fully saturated rings. The Balaban J connectivity index is 2.15. The van der Waals surface area contributed by atoms with Gasteiger partial charge in [-0.25, -0.2) is 4.98 Å². The van der Waals surface area contributed by atoms with Crippen molar-refractivity contribution in [2.45, 2.75) is 33.3 Å². The van der Waals surface area contributed by atoms with Gasteiger partial charge < -0.3 is 4.74 Å². The van der Waals surface area contributed by atoms with Crippen molar-refractivity contribution in [3.05, 3.63) is 70.3 Å². The fourth-order valence-electron chi connectivity index (χ4n) is 2.75. The lowest BCUT2D eigenvalue weighted by molar-refractivity contribution is 0.111. The monoisotopic (exact) mass is 322 g/mol. The first-order chi connectivity index (χ1) is 11.7. The van der Waals surface area contributed by atoms with E-state index in [1.54, 1.807) is 4.57 Å². The summed E-state index contributed by atoms with van der Waals surface area (Å²) < 4.78 is 7.43. The van der Waals surface area contributed by atoms with Gasteiger partial charge in [0.25, 0.3) is 5.56 Å². The van der Waals surface area contributed by atoms with Crippen LogP contribution in [0.2, 0.25) is 0 Å². The smallest absolute Gasteiger partial charge is 0.266 e. The van der Waals surface area contributed by atoms with E-state index in [9.17, 15) is 4.79 Å². The van der Waals surface area contributed by atoms with Crippen molar-refractivity contribution in [1.82, 2.24) is 9.55 Å². The molecule has 1 aromatic heterocycles. The number of aryl methyl sites for hydroxylation is 1. The highest BCUT2D eigenvalue weighted by molar-refractivity contribution is 5.77. The van der Waals surface area contributed by atoms with Gasteiger partial charge in [-0.2, -0.15) is 0 Å². The van der Waals surface area contributed by atoms with Crippen LogP contribution in [0.25, 0.3) is 16.6 Å². The molecule has 0 aliphatic carbocycles. The highest BCUT2D eigenvalue weighted by Crippen LogP contribution is 2.16. The quantitative estimate of drug-likeness (QED) is 0.644. The first-order valence-electron chi connectivity index (χ1n) is 8.36. The van der Waals surface area contributed by atoms with Crippen LogP contribution in [0.5, 0.6) is 0 Å². The zero-order valence-corrected chi connectivity index (χ0v) is 14.2. The Kier molecular flexibility index (Phi) is 5.06. The van der Waals surface area contributed by atoms with Crippen molar-refractivity contribution in [2.24, 2.45) is 0 Å². The van der Waals surface area contributed by atoms with E-state index in [2.05, 4.69) is 11.9 Å². The third-order valence-electron chi connectivity index (χ3n) is 4.07. The summed E-state index contributed by atoms with van der Waals surface area (Å²) in [5.74, 6) is 0.643. The third-order valence-corrected chi connectivity index (χ3v) is 4.07. The zero-order chi connectivity index (χ0) is 16.9. The van der Waals surface area contributed by atoms with Crippen LogP contribution in [-0.2, 0) is 11.3 Å². The van der Waals surface area contributed by atoms with Crippen LogP contribution < -0.4 is 5.56 Å². The molecule has 0 amide bonds. The molecule has 4 nitrogen and oxygen atoms in total. The Bertz CT molecular complexity index is 900. The summed E-state index contributed by atoms with van der Waals surface area (Å²) in [4.78, 5) is 17.7. The predicted molar refractivity (Wildman–Crippen MR) is 96.6 cm³/mol. The maximum Gasteiger partial charge on any atom is 0.266 e. The number of fused-ring (bicyclic) bond motifs is 1. The highest BCUT2D eigenvalue weighted by atomic mass is 16.5. The normalized spacial score (nSPS) is 11.1. The number of rotatable bonds is 6. The van der Waals surface area contributed by atoms with Crippen molar-refractivity contribution in [3.8, 4) is 5.69 Å². The Morgan fingerprint density at radius 2 is 1.83 bits per heavy atom. The second-order valence-corrected chi connectivity index (χ2v) is 5.88. The van der Waals surface area contributed by atoms with Crippen LogP contribution in [0.15, 0.2) is 53.3 Å². The van der Waals surface area contributed by atoms with Crippen LogP contribution in [-0.4, -0.2) is 16.2 Å². The number of nitrogens with zero attached hydrogens (tertiary/aromatic N) is 2. The summed E-state index contributed by atoms with van der Waals surface area (Å²) in [5.41, 5.74) is 2.55. The minimum absolute atomic E-state index is 0.0519. The predicted octanol–water partition coefficient (Wildman–Crippen LogP) is 4.01. The Labute approximate surface area is 141 Å². The zero-order valence-electron chi connectivity index (χ0n) is 14.2. The molecule has 3 rings (SSSR count). The van der Waals surface area contributed by atoms with Gasteiger partial charge in [0.2, 0.25) is 0 Å². The van der Waals surface area contributed by atoms with Gasteiger partial charge in [0, 0.05) is 6.61 Å². The average Bonchev–Trinajstić information content (AvgIpc) is 2.60. The number of aromatic nitrogens is 2. The molecular formula is C20H22N2O2. The fourth-order valence-corrected chi connectivity index (χ4v) is 2.75. The second kappa shape index (κ2) is 7.41. The van der Waals surface area contributed by atoms with Crippen LogP contribution in [0, 0.1) is 6.92 Å². The van der Waals surface area contributed by atoms with Crippen molar-refractivity contribution >= 4 is 10.9 Å². The number of unbranched alkanes of at least 4 members (excludes halogenated alkanes) is 1. The summed E-state index contributed by atoms with van der Waals surface area (Å²) in [6, 6.07) is 15.3. The fraction of sp³-hybridized carbons (Fsp3) is 0.300. The lowest BCUT2D eigenvalue weighted by atomic mass is 10.2. The van der Waals surface area contributed by atoms with Crippen molar-refractivity contribution in [1.29, 1.82) is 0 Å². The number of benzene rings is 2. The molecule has 0 unspecified atom stereocenters. The molecule has 2 aromatic carbocycles. The summed E-state index contributed by atoms with van der Waals surface area (Å²) >= 11 is 0. The van der Waals surface area contributed by atoms with E-state index >= 15 is 0 Å². The molecule has 0 atom stereocenters. The number of hydrogen-bond donors (Lipinski definition) is 0. The minimum atomic E-state index is -0.0519. The summed E-state index contributed by atoms with van der Waals surface area (Å²) in [7, 11) is 0. The van der Waals surface area contributed by atoms with Crippen molar-refractivity contribution in [2.75, 3.05) is 6.61 Å². The van der Waals surface area contributed by atoms with Gasteiger partial charge >= 0.3 is 0 Å². The van der Waals surface area contributed by atoms with Crippen molar-refractivity contribution < 1.29 is 4.74 Å². The Morgan fingerprint density at radius 1 is 1.08 bits per heavy atom. The number of hydrogen-bond acceptors (Lipinski definition) is 3. The van der Waals surface area contributed by atoms with E-state index in [1.807, 2.05) is 55.5 Å². The second-order valence-electron chi connectivity index (χ2n) is 5.88. The molecule has 0 aliphatic heterocycles. The van der Waals surface area contributed by atoms with Crippen LogP contribution in [0.3, 0.4) is 0 Å². The Hall–Kier alpha value is -2.46. The third kappa shape index (κ3) is 3.24. The van der Waals surface area contributed by atoms with E-state index in [-0.39, 0.29) is 5.56 Å². The first-order valence-corrected chi connectivity index (χ1v) is 8.36. The number of ether oxygens (including phenoxy) is 1. The molecule has 24 heavy (non-hydrogen) atoms.